The van der Waals surface area contributed by atoms with E-state index in [-0.39, 0.29) is 5.82 Å². The number of anilines is 3. The zero-order valence-corrected chi connectivity index (χ0v) is 11.2. The van der Waals surface area contributed by atoms with E-state index < -0.39 is 0 Å². The van der Waals surface area contributed by atoms with Gasteiger partial charge in [0, 0.05) is 17.4 Å². The van der Waals surface area contributed by atoms with Crippen molar-refractivity contribution in [2.75, 3.05) is 11.1 Å². The summed E-state index contributed by atoms with van der Waals surface area (Å²) in [6, 6.07) is 10.1. The first-order valence-corrected chi connectivity index (χ1v) is 6.29. The van der Waals surface area contributed by atoms with Crippen molar-refractivity contribution >= 4 is 44.4 Å². The van der Waals surface area contributed by atoms with E-state index in [2.05, 4.69) is 26.2 Å². The maximum Gasteiger partial charge on any atom is 0.300 e. The number of halogens is 2. The molecule has 0 aliphatic rings. The summed E-state index contributed by atoms with van der Waals surface area (Å²) < 4.78 is 19.0. The molecule has 0 fully saturated rings. The van der Waals surface area contributed by atoms with Gasteiger partial charge in [0.05, 0.1) is 4.47 Å². The monoisotopic (exact) mass is 321 g/mol. The Morgan fingerprint density at radius 1 is 1.21 bits per heavy atom. The van der Waals surface area contributed by atoms with Crippen LogP contribution in [0, 0.1) is 5.82 Å². The molecule has 0 atom stereocenters. The number of rotatable bonds is 2. The first kappa shape index (κ1) is 12.0. The lowest BCUT2D eigenvalue weighted by atomic mass is 10.3. The molecule has 0 aliphatic heterocycles. The number of benzene rings is 2. The van der Waals surface area contributed by atoms with Crippen LogP contribution < -0.4 is 11.1 Å². The van der Waals surface area contributed by atoms with Crippen molar-refractivity contribution in [3.05, 3.63) is 46.7 Å². The highest BCUT2D eigenvalue weighted by molar-refractivity contribution is 9.10. The van der Waals surface area contributed by atoms with Gasteiger partial charge in [-0.15, -0.1) is 0 Å². The van der Waals surface area contributed by atoms with Gasteiger partial charge in [-0.2, -0.15) is 4.98 Å². The van der Waals surface area contributed by atoms with E-state index in [1.807, 2.05) is 0 Å². The Labute approximate surface area is 116 Å². The van der Waals surface area contributed by atoms with Gasteiger partial charge in [0.1, 0.15) is 11.3 Å². The van der Waals surface area contributed by atoms with E-state index in [0.29, 0.717) is 33.0 Å². The average Bonchev–Trinajstić information content (AvgIpc) is 2.75. The molecule has 2 aromatic carbocycles. The van der Waals surface area contributed by atoms with Gasteiger partial charge in [-0.05, 0) is 46.3 Å². The topological polar surface area (TPSA) is 64.1 Å². The molecule has 0 aliphatic carbocycles. The molecule has 3 aromatic rings. The summed E-state index contributed by atoms with van der Waals surface area (Å²) in [5.74, 6) is -0.323. The zero-order valence-electron chi connectivity index (χ0n) is 9.65. The number of nitrogens with zero attached hydrogens (tertiary/aromatic N) is 1. The number of oxazole rings is 1. The maximum atomic E-state index is 13.1. The fraction of sp³-hybridized carbons (Fsp3) is 0. The van der Waals surface area contributed by atoms with Crippen molar-refractivity contribution in [3.63, 3.8) is 0 Å². The fourth-order valence-electron chi connectivity index (χ4n) is 1.69. The van der Waals surface area contributed by atoms with Crippen LogP contribution in [0.1, 0.15) is 0 Å². The van der Waals surface area contributed by atoms with Gasteiger partial charge in [0.25, 0.3) is 6.01 Å². The maximum absolute atomic E-state index is 13.1. The summed E-state index contributed by atoms with van der Waals surface area (Å²) in [6.07, 6.45) is 0. The largest absolute Gasteiger partial charge is 0.423 e. The molecule has 3 N–H and O–H groups in total. The summed E-state index contributed by atoms with van der Waals surface area (Å²) in [7, 11) is 0. The number of fused-ring (bicyclic) bond motifs is 1. The van der Waals surface area contributed by atoms with Gasteiger partial charge in [-0.1, -0.05) is 0 Å². The lowest BCUT2D eigenvalue weighted by Gasteiger charge is -2.02. The first-order chi connectivity index (χ1) is 9.11. The average molecular weight is 322 g/mol. The predicted molar refractivity (Wildman–Crippen MR) is 75.8 cm³/mol. The van der Waals surface area contributed by atoms with Crippen LogP contribution in [0.25, 0.3) is 11.1 Å². The molecule has 0 unspecified atom stereocenters. The Kier molecular flexibility index (Phi) is 2.87. The van der Waals surface area contributed by atoms with Crippen LogP contribution in [0.4, 0.5) is 21.8 Å². The molecule has 19 heavy (non-hydrogen) atoms. The number of aromatic nitrogens is 1. The Morgan fingerprint density at radius 3 is 2.84 bits per heavy atom. The van der Waals surface area contributed by atoms with Crippen molar-refractivity contribution in [2.24, 2.45) is 0 Å². The molecular formula is C13H9BrFN3O. The van der Waals surface area contributed by atoms with Crippen LogP contribution in [-0.2, 0) is 0 Å². The van der Waals surface area contributed by atoms with Crippen LogP contribution in [0.15, 0.2) is 45.3 Å². The lowest BCUT2D eigenvalue weighted by molar-refractivity contribution is 0.618. The molecule has 3 rings (SSSR count). The zero-order chi connectivity index (χ0) is 13.4. The number of hydrogen-bond acceptors (Lipinski definition) is 4. The van der Waals surface area contributed by atoms with E-state index in [9.17, 15) is 4.39 Å². The SMILES string of the molecule is Nc1ccc2nc(Nc3ccc(F)c(Br)c3)oc2c1. The molecule has 0 radical (unpaired) electrons. The van der Waals surface area contributed by atoms with E-state index in [4.69, 9.17) is 10.2 Å². The number of nitrogen functional groups attached to an aromatic ring is 1. The van der Waals surface area contributed by atoms with Crippen molar-refractivity contribution < 1.29 is 8.81 Å². The minimum Gasteiger partial charge on any atom is -0.423 e. The Balaban J connectivity index is 1.94. The van der Waals surface area contributed by atoms with Crippen molar-refractivity contribution in [1.82, 2.24) is 4.98 Å². The molecule has 0 saturated heterocycles. The van der Waals surface area contributed by atoms with Crippen LogP contribution in [0.2, 0.25) is 0 Å². The van der Waals surface area contributed by atoms with Crippen LogP contribution in [-0.4, -0.2) is 4.98 Å². The van der Waals surface area contributed by atoms with Gasteiger partial charge < -0.3 is 15.5 Å². The first-order valence-electron chi connectivity index (χ1n) is 5.50. The molecular weight excluding hydrogens is 313 g/mol. The molecule has 1 heterocycles. The lowest BCUT2D eigenvalue weighted by Crippen LogP contribution is -1.90. The van der Waals surface area contributed by atoms with Gasteiger partial charge in [-0.25, -0.2) is 4.39 Å². The smallest absolute Gasteiger partial charge is 0.300 e. The summed E-state index contributed by atoms with van der Waals surface area (Å²) in [6.45, 7) is 0. The highest BCUT2D eigenvalue weighted by atomic mass is 79.9. The second kappa shape index (κ2) is 4.55. The van der Waals surface area contributed by atoms with Crippen LogP contribution >= 0.6 is 15.9 Å². The van der Waals surface area contributed by atoms with Crippen LogP contribution in [0.3, 0.4) is 0 Å². The summed E-state index contributed by atoms with van der Waals surface area (Å²) in [5, 5.41) is 2.97. The number of hydrogen-bond donors (Lipinski definition) is 2. The van der Waals surface area contributed by atoms with Crippen molar-refractivity contribution in [2.45, 2.75) is 0 Å². The normalized spacial score (nSPS) is 10.8. The molecule has 0 spiro atoms. The van der Waals surface area contributed by atoms with E-state index in [1.165, 1.54) is 6.07 Å². The molecule has 6 heteroatoms. The molecule has 4 nitrogen and oxygen atoms in total. The quantitative estimate of drug-likeness (QED) is 0.699. The molecule has 0 amide bonds. The summed E-state index contributed by atoms with van der Waals surface area (Å²) >= 11 is 3.12. The highest BCUT2D eigenvalue weighted by Gasteiger charge is 2.07. The Bertz CT molecular complexity index is 757. The molecule has 0 saturated carbocycles. The fourth-order valence-corrected chi connectivity index (χ4v) is 2.07. The second-order valence-corrected chi connectivity index (χ2v) is 4.85. The Hall–Kier alpha value is -2.08. The van der Waals surface area contributed by atoms with Crippen LogP contribution in [0.5, 0.6) is 0 Å². The van der Waals surface area contributed by atoms with Gasteiger partial charge in [0.15, 0.2) is 5.58 Å². The van der Waals surface area contributed by atoms with Gasteiger partial charge >= 0.3 is 0 Å². The summed E-state index contributed by atoms with van der Waals surface area (Å²) in [4.78, 5) is 4.26. The second-order valence-electron chi connectivity index (χ2n) is 4.00. The van der Waals surface area contributed by atoms with Crippen molar-refractivity contribution in [3.8, 4) is 0 Å². The van der Waals surface area contributed by atoms with Gasteiger partial charge in [0.2, 0.25) is 0 Å². The third-order valence-electron chi connectivity index (χ3n) is 2.58. The summed E-state index contributed by atoms with van der Waals surface area (Å²) in [5.41, 5.74) is 8.26. The molecule has 96 valence electrons. The highest BCUT2D eigenvalue weighted by Crippen LogP contribution is 2.26. The molecule has 0 bridgehead atoms. The number of nitrogens with one attached hydrogen (secondary N) is 1. The third kappa shape index (κ3) is 2.39. The predicted octanol–water partition coefficient (Wildman–Crippen LogP) is 4.06. The third-order valence-corrected chi connectivity index (χ3v) is 3.19. The minimum atomic E-state index is -0.323. The standard InChI is InChI=1S/C13H9BrFN3O/c14-9-6-8(2-3-10(9)15)17-13-18-11-4-1-7(16)5-12(11)19-13/h1-6H,16H2,(H,17,18). The Morgan fingerprint density at radius 2 is 2.05 bits per heavy atom. The van der Waals surface area contributed by atoms with E-state index in [0.717, 1.165) is 0 Å². The van der Waals surface area contributed by atoms with E-state index >= 15 is 0 Å². The minimum absolute atomic E-state index is 0.323. The van der Waals surface area contributed by atoms with E-state index in [1.54, 1.807) is 30.3 Å². The number of nitrogens with two attached hydrogens (primary N) is 1. The van der Waals surface area contributed by atoms with Crippen molar-refractivity contribution in [1.29, 1.82) is 0 Å². The molecule has 1 aromatic heterocycles. The van der Waals surface area contributed by atoms with Gasteiger partial charge in [-0.3, -0.25) is 0 Å².